The smallest absolute Gasteiger partial charge is 0.234 e. The highest BCUT2D eigenvalue weighted by atomic mass is 35.5. The number of halogens is 1. The van der Waals surface area contributed by atoms with Crippen LogP contribution in [0.4, 0.5) is 5.69 Å². The quantitative estimate of drug-likeness (QED) is 0.439. The summed E-state index contributed by atoms with van der Waals surface area (Å²) in [7, 11) is 1.54. The summed E-state index contributed by atoms with van der Waals surface area (Å²) in [6.07, 6.45) is 7.16. The summed E-state index contributed by atoms with van der Waals surface area (Å²) in [6, 6.07) is 12.6. The van der Waals surface area contributed by atoms with Crippen LogP contribution in [0.5, 0.6) is 5.75 Å². The van der Waals surface area contributed by atoms with Gasteiger partial charge in [-0.15, -0.1) is 10.2 Å². The summed E-state index contributed by atoms with van der Waals surface area (Å²) in [4.78, 5) is 16.6. The number of ether oxygens (including phenoxy) is 1. The highest BCUT2D eigenvalue weighted by Gasteiger charge is 2.17. The molecule has 3 heterocycles. The summed E-state index contributed by atoms with van der Waals surface area (Å²) in [6.45, 7) is 0. The highest BCUT2D eigenvalue weighted by Crippen LogP contribution is 2.28. The van der Waals surface area contributed by atoms with E-state index < -0.39 is 0 Å². The Balaban J connectivity index is 1.55. The van der Waals surface area contributed by atoms with Crippen LogP contribution in [0.25, 0.3) is 11.4 Å². The van der Waals surface area contributed by atoms with E-state index in [1.54, 1.807) is 30.6 Å². The zero-order valence-corrected chi connectivity index (χ0v) is 17.5. The normalized spacial score (nSPS) is 10.7. The molecule has 1 aromatic carbocycles. The SMILES string of the molecule is COc1ccc(Cl)cc1NC(=O)CSc1nnc(-c2ccncc2)n1-n1cccc1. The van der Waals surface area contributed by atoms with E-state index in [1.807, 2.05) is 46.0 Å². The third kappa shape index (κ3) is 4.32. The topological polar surface area (TPSA) is 86.9 Å². The van der Waals surface area contributed by atoms with Gasteiger partial charge in [0.1, 0.15) is 5.75 Å². The monoisotopic (exact) mass is 440 g/mol. The summed E-state index contributed by atoms with van der Waals surface area (Å²) in [5.41, 5.74) is 1.38. The standard InChI is InChI=1S/C20H17ClN6O2S/c1-29-17-5-4-15(21)12-16(17)23-18(28)13-30-20-25-24-19(14-6-8-22-9-7-14)27(20)26-10-2-3-11-26/h2-12H,13H2,1H3,(H,23,28). The Hall–Kier alpha value is -3.30. The zero-order chi connectivity index (χ0) is 20.9. The van der Waals surface area contributed by atoms with Gasteiger partial charge in [-0.1, -0.05) is 23.4 Å². The average molecular weight is 441 g/mol. The number of amides is 1. The molecule has 0 saturated carbocycles. The van der Waals surface area contributed by atoms with Crippen LogP contribution in [0.15, 0.2) is 72.4 Å². The summed E-state index contributed by atoms with van der Waals surface area (Å²) >= 11 is 7.30. The highest BCUT2D eigenvalue weighted by molar-refractivity contribution is 7.99. The maximum absolute atomic E-state index is 12.5. The van der Waals surface area contributed by atoms with Gasteiger partial charge in [-0.25, -0.2) is 4.68 Å². The Kier molecular flexibility index (Phi) is 6.01. The number of methoxy groups -OCH3 is 1. The van der Waals surface area contributed by atoms with E-state index in [1.165, 1.54) is 18.9 Å². The van der Waals surface area contributed by atoms with Crippen LogP contribution < -0.4 is 10.1 Å². The molecule has 0 spiro atoms. The fraction of sp³-hybridized carbons (Fsp3) is 0.100. The second-order valence-electron chi connectivity index (χ2n) is 6.10. The van der Waals surface area contributed by atoms with Gasteiger partial charge in [-0.05, 0) is 42.5 Å². The number of anilines is 1. The van der Waals surface area contributed by atoms with Gasteiger partial charge in [0, 0.05) is 35.4 Å². The van der Waals surface area contributed by atoms with E-state index in [0.29, 0.717) is 27.4 Å². The van der Waals surface area contributed by atoms with Crippen molar-refractivity contribution < 1.29 is 9.53 Å². The Morgan fingerprint density at radius 3 is 2.67 bits per heavy atom. The number of carbonyl (C=O) groups excluding carboxylic acids is 1. The van der Waals surface area contributed by atoms with Crippen molar-refractivity contribution >= 4 is 35.0 Å². The van der Waals surface area contributed by atoms with E-state index in [-0.39, 0.29) is 11.7 Å². The lowest BCUT2D eigenvalue weighted by atomic mass is 10.2. The molecule has 30 heavy (non-hydrogen) atoms. The van der Waals surface area contributed by atoms with E-state index in [2.05, 4.69) is 20.5 Å². The number of rotatable bonds is 7. The molecule has 152 valence electrons. The number of thioether (sulfide) groups is 1. The molecule has 4 rings (SSSR count). The van der Waals surface area contributed by atoms with Crippen molar-refractivity contribution in [1.29, 1.82) is 0 Å². The van der Waals surface area contributed by atoms with Gasteiger partial charge in [0.05, 0.1) is 18.6 Å². The second-order valence-corrected chi connectivity index (χ2v) is 7.48. The molecule has 0 aliphatic heterocycles. The zero-order valence-electron chi connectivity index (χ0n) is 15.9. The van der Waals surface area contributed by atoms with Crippen LogP contribution in [0.2, 0.25) is 5.02 Å². The number of nitrogens with zero attached hydrogens (tertiary/aromatic N) is 5. The van der Waals surface area contributed by atoms with Crippen molar-refractivity contribution in [3.63, 3.8) is 0 Å². The Bertz CT molecular complexity index is 1150. The lowest BCUT2D eigenvalue weighted by Crippen LogP contribution is -2.16. The minimum Gasteiger partial charge on any atom is -0.495 e. The van der Waals surface area contributed by atoms with Crippen molar-refractivity contribution in [2.45, 2.75) is 5.16 Å². The molecule has 0 unspecified atom stereocenters. The van der Waals surface area contributed by atoms with Crippen molar-refractivity contribution in [2.75, 3.05) is 18.2 Å². The van der Waals surface area contributed by atoms with Gasteiger partial charge < -0.3 is 10.1 Å². The number of pyridine rings is 1. The van der Waals surface area contributed by atoms with Crippen LogP contribution >= 0.6 is 23.4 Å². The summed E-state index contributed by atoms with van der Waals surface area (Å²) in [5, 5.41) is 12.5. The molecular formula is C20H17ClN6O2S. The first-order valence-corrected chi connectivity index (χ1v) is 10.3. The van der Waals surface area contributed by atoms with E-state index >= 15 is 0 Å². The molecule has 0 aliphatic carbocycles. The average Bonchev–Trinajstić information content (AvgIpc) is 3.42. The molecule has 0 aliphatic rings. The molecule has 1 N–H and O–H groups in total. The minimum atomic E-state index is -0.215. The van der Waals surface area contributed by atoms with Gasteiger partial charge in [0.2, 0.25) is 11.1 Å². The second kappa shape index (κ2) is 9.02. The number of nitrogens with one attached hydrogen (secondary N) is 1. The lowest BCUT2D eigenvalue weighted by Gasteiger charge is -2.12. The third-order valence-electron chi connectivity index (χ3n) is 4.14. The molecule has 0 radical (unpaired) electrons. The number of hydrogen-bond acceptors (Lipinski definition) is 6. The molecule has 4 aromatic rings. The molecule has 0 atom stereocenters. The first-order valence-electron chi connectivity index (χ1n) is 8.91. The Morgan fingerprint density at radius 1 is 1.17 bits per heavy atom. The van der Waals surface area contributed by atoms with Crippen molar-refractivity contribution in [3.05, 3.63) is 72.3 Å². The Morgan fingerprint density at radius 2 is 1.93 bits per heavy atom. The molecular weight excluding hydrogens is 424 g/mol. The lowest BCUT2D eigenvalue weighted by molar-refractivity contribution is -0.113. The van der Waals surface area contributed by atoms with Crippen LogP contribution in [-0.2, 0) is 4.79 Å². The predicted molar refractivity (Wildman–Crippen MR) is 116 cm³/mol. The maximum Gasteiger partial charge on any atom is 0.234 e. The van der Waals surface area contributed by atoms with E-state index in [0.717, 1.165) is 5.56 Å². The van der Waals surface area contributed by atoms with Crippen LogP contribution in [0.3, 0.4) is 0 Å². The number of benzene rings is 1. The number of carbonyl (C=O) groups is 1. The molecule has 0 fully saturated rings. The fourth-order valence-electron chi connectivity index (χ4n) is 2.80. The molecule has 0 bridgehead atoms. The first-order chi connectivity index (χ1) is 14.7. The van der Waals surface area contributed by atoms with Crippen molar-refractivity contribution in [3.8, 4) is 17.1 Å². The summed E-state index contributed by atoms with van der Waals surface area (Å²) in [5.74, 6) is 1.10. The fourth-order valence-corrected chi connectivity index (χ4v) is 3.70. The van der Waals surface area contributed by atoms with Crippen molar-refractivity contribution in [1.82, 2.24) is 24.5 Å². The molecule has 10 heteroatoms. The van der Waals surface area contributed by atoms with E-state index in [9.17, 15) is 4.79 Å². The van der Waals surface area contributed by atoms with Gasteiger partial charge >= 0.3 is 0 Å². The summed E-state index contributed by atoms with van der Waals surface area (Å²) < 4.78 is 8.97. The van der Waals surface area contributed by atoms with Crippen LogP contribution in [0, 0.1) is 0 Å². The Labute approximate surface area is 181 Å². The van der Waals surface area contributed by atoms with Gasteiger partial charge in [0.25, 0.3) is 0 Å². The first kappa shape index (κ1) is 20.0. The molecule has 8 nitrogen and oxygen atoms in total. The molecule has 1 amide bonds. The largest absolute Gasteiger partial charge is 0.495 e. The van der Waals surface area contributed by atoms with Crippen LogP contribution in [0.1, 0.15) is 0 Å². The molecule has 3 aromatic heterocycles. The van der Waals surface area contributed by atoms with Crippen LogP contribution in [-0.4, -0.2) is 43.3 Å². The van der Waals surface area contributed by atoms with Crippen molar-refractivity contribution in [2.24, 2.45) is 0 Å². The predicted octanol–water partition coefficient (Wildman–Crippen LogP) is 3.85. The van der Waals surface area contributed by atoms with E-state index in [4.69, 9.17) is 16.3 Å². The number of aromatic nitrogens is 5. The maximum atomic E-state index is 12.5. The van der Waals surface area contributed by atoms with Gasteiger partial charge in [0.15, 0.2) is 5.82 Å². The third-order valence-corrected chi connectivity index (χ3v) is 5.29. The number of hydrogen-bond donors (Lipinski definition) is 1. The molecule has 0 saturated heterocycles. The van der Waals surface area contributed by atoms with Gasteiger partial charge in [-0.2, -0.15) is 0 Å². The minimum absolute atomic E-state index is 0.130. The van der Waals surface area contributed by atoms with Gasteiger partial charge in [-0.3, -0.25) is 14.5 Å².